The number of carboxylic acid groups (broad SMARTS) is 1. The Balaban J connectivity index is 2.02. The van der Waals surface area contributed by atoms with Crippen LogP contribution in [0.25, 0.3) is 21.0 Å². The van der Waals surface area contributed by atoms with Crippen molar-refractivity contribution in [1.82, 2.24) is 4.57 Å². The first kappa shape index (κ1) is 18.9. The van der Waals surface area contributed by atoms with Gasteiger partial charge in [0.25, 0.3) is 5.56 Å². The zero-order chi connectivity index (χ0) is 20.5. The van der Waals surface area contributed by atoms with Gasteiger partial charge in [-0.2, -0.15) is 0 Å². The van der Waals surface area contributed by atoms with E-state index in [9.17, 15) is 19.5 Å². The summed E-state index contributed by atoms with van der Waals surface area (Å²) in [5, 5.41) is 10.5. The van der Waals surface area contributed by atoms with Gasteiger partial charge in [-0.3, -0.25) is 14.2 Å². The quantitative estimate of drug-likeness (QED) is 0.484. The summed E-state index contributed by atoms with van der Waals surface area (Å²) in [6.45, 7) is 1.80. The minimum absolute atomic E-state index is 0.0174. The van der Waals surface area contributed by atoms with Crippen LogP contribution in [0.4, 0.5) is 0 Å². The molecule has 0 saturated heterocycles. The molecule has 6 nitrogen and oxygen atoms in total. The molecule has 29 heavy (non-hydrogen) atoms. The lowest BCUT2D eigenvalue weighted by Gasteiger charge is -2.12. The number of carbonyl (C=O) groups excluding carboxylic acids is 1. The number of ketones is 1. The number of ether oxygens (including phenoxy) is 1. The van der Waals surface area contributed by atoms with Gasteiger partial charge in [0.05, 0.1) is 23.4 Å². The summed E-state index contributed by atoms with van der Waals surface area (Å²) in [5.41, 5.74) is 0.649. The van der Waals surface area contributed by atoms with Crippen LogP contribution in [0.5, 0.6) is 5.75 Å². The number of carbonyl (C=O) groups is 2. The number of para-hydroxylation sites is 1. The smallest absolute Gasteiger partial charge is 0.349 e. The van der Waals surface area contributed by atoms with E-state index in [0.29, 0.717) is 21.2 Å². The Morgan fingerprint density at radius 3 is 2.45 bits per heavy atom. The van der Waals surface area contributed by atoms with Gasteiger partial charge in [-0.05, 0) is 13.0 Å². The molecule has 2 aromatic carbocycles. The van der Waals surface area contributed by atoms with Crippen molar-refractivity contribution < 1.29 is 19.4 Å². The lowest BCUT2D eigenvalue weighted by Crippen LogP contribution is -2.25. The molecule has 0 fully saturated rings. The molecule has 0 aliphatic carbocycles. The number of hydrogen-bond donors (Lipinski definition) is 1. The summed E-state index contributed by atoms with van der Waals surface area (Å²) in [5.74, 6) is -1.29. The van der Waals surface area contributed by atoms with E-state index in [1.54, 1.807) is 43.3 Å². The number of rotatable bonds is 6. The van der Waals surface area contributed by atoms with Gasteiger partial charge in [0, 0.05) is 10.9 Å². The highest BCUT2D eigenvalue weighted by molar-refractivity contribution is 7.22. The lowest BCUT2D eigenvalue weighted by atomic mass is 10.1. The second kappa shape index (κ2) is 7.52. The Hall–Kier alpha value is -3.45. The number of hydrogen-bond acceptors (Lipinski definition) is 5. The Morgan fingerprint density at radius 1 is 1.07 bits per heavy atom. The predicted octanol–water partition coefficient (Wildman–Crippen LogP) is 4.20. The predicted molar refractivity (Wildman–Crippen MR) is 112 cm³/mol. The summed E-state index contributed by atoms with van der Waals surface area (Å²) in [4.78, 5) is 37.9. The van der Waals surface area contributed by atoms with Crippen molar-refractivity contribution in [3.8, 4) is 5.75 Å². The minimum Gasteiger partial charge on any atom is -0.491 e. The number of thiophene rings is 1. The van der Waals surface area contributed by atoms with E-state index in [1.807, 2.05) is 18.2 Å². The topological polar surface area (TPSA) is 85.6 Å². The summed E-state index contributed by atoms with van der Waals surface area (Å²) in [7, 11) is 0. The van der Waals surface area contributed by atoms with Crippen LogP contribution in [-0.4, -0.2) is 28.0 Å². The van der Waals surface area contributed by atoms with E-state index in [0.717, 1.165) is 11.3 Å². The largest absolute Gasteiger partial charge is 0.491 e. The average molecular weight is 407 g/mol. The fourth-order valence-corrected chi connectivity index (χ4v) is 4.49. The van der Waals surface area contributed by atoms with Crippen molar-refractivity contribution in [3.05, 3.63) is 75.4 Å². The summed E-state index contributed by atoms with van der Waals surface area (Å²) in [6.07, 6.45) is 0. The van der Waals surface area contributed by atoms with Crippen molar-refractivity contribution in [3.63, 3.8) is 0 Å². The first-order chi connectivity index (χ1) is 14.0. The van der Waals surface area contributed by atoms with Crippen LogP contribution in [0, 0.1) is 0 Å². The highest BCUT2D eigenvalue weighted by atomic mass is 32.1. The molecule has 7 heteroatoms. The Bertz CT molecular complexity index is 1300. The number of fused-ring (bicyclic) bond motifs is 3. The standard InChI is InChI=1S/C22H17NO5S/c1-2-28-18-17-19(29-20(18)22(26)27)14-10-6-7-11-15(14)23(21(17)25)12-16(24)13-8-4-3-5-9-13/h3-11H,2,12H2,1H3,(H,26,27). The second-order valence-electron chi connectivity index (χ2n) is 6.40. The van der Waals surface area contributed by atoms with Crippen molar-refractivity contribution in [2.24, 2.45) is 0 Å². The van der Waals surface area contributed by atoms with Crippen molar-refractivity contribution >= 4 is 44.1 Å². The van der Waals surface area contributed by atoms with Gasteiger partial charge in [0.15, 0.2) is 16.4 Å². The fraction of sp³-hybridized carbons (Fsp3) is 0.136. The van der Waals surface area contributed by atoms with Crippen molar-refractivity contribution in [2.75, 3.05) is 6.61 Å². The van der Waals surface area contributed by atoms with Crippen LogP contribution in [0.1, 0.15) is 27.0 Å². The lowest BCUT2D eigenvalue weighted by molar-refractivity contribution is 0.0698. The summed E-state index contributed by atoms with van der Waals surface area (Å²) in [6, 6.07) is 15.9. The van der Waals surface area contributed by atoms with E-state index >= 15 is 0 Å². The van der Waals surface area contributed by atoms with Gasteiger partial charge in [-0.25, -0.2) is 4.79 Å². The summed E-state index contributed by atoms with van der Waals surface area (Å²) < 4.78 is 7.50. The summed E-state index contributed by atoms with van der Waals surface area (Å²) >= 11 is 1.02. The Labute approximate surface area is 169 Å². The first-order valence-electron chi connectivity index (χ1n) is 9.05. The molecule has 0 aliphatic rings. The Morgan fingerprint density at radius 2 is 1.76 bits per heavy atom. The second-order valence-corrected chi connectivity index (χ2v) is 7.42. The zero-order valence-corrected chi connectivity index (χ0v) is 16.4. The molecule has 0 radical (unpaired) electrons. The molecule has 4 aromatic rings. The van der Waals surface area contributed by atoms with Crippen LogP contribution in [0.3, 0.4) is 0 Å². The maximum absolute atomic E-state index is 13.4. The van der Waals surface area contributed by atoms with E-state index in [2.05, 4.69) is 0 Å². The third-order valence-electron chi connectivity index (χ3n) is 4.64. The number of benzene rings is 2. The normalized spacial score (nSPS) is 11.1. The van der Waals surface area contributed by atoms with Gasteiger partial charge in [0.2, 0.25) is 0 Å². The fourth-order valence-electron chi connectivity index (χ4n) is 3.38. The molecule has 4 rings (SSSR count). The molecule has 0 spiro atoms. The van der Waals surface area contributed by atoms with E-state index in [4.69, 9.17) is 4.74 Å². The first-order valence-corrected chi connectivity index (χ1v) is 9.87. The number of aromatic nitrogens is 1. The minimum atomic E-state index is -1.15. The highest BCUT2D eigenvalue weighted by Crippen LogP contribution is 2.39. The SMILES string of the molecule is CCOc1c(C(=O)O)sc2c1c(=O)n(CC(=O)c1ccccc1)c1ccccc21. The monoisotopic (exact) mass is 407 g/mol. The van der Waals surface area contributed by atoms with Crippen molar-refractivity contribution in [1.29, 1.82) is 0 Å². The molecule has 0 saturated carbocycles. The molecule has 0 unspecified atom stereocenters. The number of pyridine rings is 1. The number of Topliss-reactive ketones (excluding diaryl/α,β-unsaturated/α-hetero) is 1. The van der Waals surface area contributed by atoms with Crippen molar-refractivity contribution in [2.45, 2.75) is 13.5 Å². The van der Waals surface area contributed by atoms with E-state index in [-0.39, 0.29) is 34.9 Å². The third-order valence-corrected chi connectivity index (χ3v) is 5.84. The molecule has 146 valence electrons. The molecular weight excluding hydrogens is 390 g/mol. The average Bonchev–Trinajstić information content (AvgIpc) is 3.12. The van der Waals surface area contributed by atoms with Crippen LogP contribution in [0.2, 0.25) is 0 Å². The molecule has 0 bridgehead atoms. The maximum Gasteiger partial charge on any atom is 0.349 e. The van der Waals surface area contributed by atoms with Gasteiger partial charge >= 0.3 is 5.97 Å². The molecule has 2 aromatic heterocycles. The van der Waals surface area contributed by atoms with Gasteiger partial charge in [-0.1, -0.05) is 48.5 Å². The molecular formula is C22H17NO5S. The molecule has 0 atom stereocenters. The van der Waals surface area contributed by atoms with Crippen LogP contribution < -0.4 is 10.3 Å². The zero-order valence-electron chi connectivity index (χ0n) is 15.5. The van der Waals surface area contributed by atoms with Gasteiger partial charge in [-0.15, -0.1) is 11.3 Å². The number of aromatic carboxylic acids is 1. The Kier molecular flexibility index (Phi) is 4.90. The third kappa shape index (κ3) is 3.19. The van der Waals surface area contributed by atoms with Crippen LogP contribution in [-0.2, 0) is 6.54 Å². The van der Waals surface area contributed by atoms with Gasteiger partial charge in [0.1, 0.15) is 5.39 Å². The van der Waals surface area contributed by atoms with E-state index < -0.39 is 11.5 Å². The highest BCUT2D eigenvalue weighted by Gasteiger charge is 2.25. The molecule has 1 N–H and O–H groups in total. The van der Waals surface area contributed by atoms with Crippen LogP contribution >= 0.6 is 11.3 Å². The van der Waals surface area contributed by atoms with Crippen LogP contribution in [0.15, 0.2) is 59.4 Å². The number of nitrogens with zero attached hydrogens (tertiary/aromatic N) is 1. The van der Waals surface area contributed by atoms with E-state index in [1.165, 1.54) is 4.57 Å². The number of carboxylic acids is 1. The maximum atomic E-state index is 13.4. The van der Waals surface area contributed by atoms with Gasteiger partial charge < -0.3 is 9.84 Å². The molecule has 2 heterocycles. The molecule has 0 amide bonds. The molecule has 0 aliphatic heterocycles.